The molecule has 0 aromatic carbocycles. The van der Waals surface area contributed by atoms with Crippen molar-refractivity contribution in [3.05, 3.63) is 35.6 Å². The number of hydrogen-bond donors (Lipinski definition) is 0. The number of nitrogens with zero attached hydrogens (tertiary/aromatic N) is 3. The van der Waals surface area contributed by atoms with Gasteiger partial charge >= 0.3 is 0 Å². The Morgan fingerprint density at radius 3 is 2.69 bits per heavy atom. The molecular formula is C12H17N3O. The van der Waals surface area contributed by atoms with Crippen LogP contribution in [0.1, 0.15) is 42.9 Å². The second-order valence-corrected chi connectivity index (χ2v) is 4.32. The Morgan fingerprint density at radius 1 is 1.38 bits per heavy atom. The van der Waals surface area contributed by atoms with E-state index in [4.69, 9.17) is 4.42 Å². The normalized spacial score (nSPS) is 11.3. The number of imidazole rings is 1. The van der Waals surface area contributed by atoms with E-state index in [2.05, 4.69) is 28.4 Å². The van der Waals surface area contributed by atoms with Crippen LogP contribution in [0, 0.1) is 13.8 Å². The zero-order valence-corrected chi connectivity index (χ0v) is 10.2. The predicted octanol–water partition coefficient (Wildman–Crippen LogP) is 2.66. The van der Waals surface area contributed by atoms with Crippen molar-refractivity contribution in [1.29, 1.82) is 0 Å². The van der Waals surface area contributed by atoms with Gasteiger partial charge in [-0.1, -0.05) is 13.8 Å². The monoisotopic (exact) mass is 219 g/mol. The largest absolute Gasteiger partial charge is 0.444 e. The maximum absolute atomic E-state index is 5.56. The van der Waals surface area contributed by atoms with Crippen LogP contribution in [0.3, 0.4) is 0 Å². The summed E-state index contributed by atoms with van der Waals surface area (Å²) in [6, 6.07) is 0. The molecule has 4 nitrogen and oxygen atoms in total. The maximum Gasteiger partial charge on any atom is 0.214 e. The molecule has 2 aromatic heterocycles. The van der Waals surface area contributed by atoms with Crippen LogP contribution in [0.25, 0.3) is 0 Å². The van der Waals surface area contributed by atoms with Crippen LogP contribution in [-0.4, -0.2) is 14.5 Å². The van der Waals surface area contributed by atoms with Crippen molar-refractivity contribution < 1.29 is 4.42 Å². The van der Waals surface area contributed by atoms with Crippen LogP contribution >= 0.6 is 0 Å². The Morgan fingerprint density at radius 2 is 2.12 bits per heavy atom. The Bertz CT molecular complexity index is 463. The van der Waals surface area contributed by atoms with E-state index in [0.29, 0.717) is 12.5 Å². The third-order valence-electron chi connectivity index (χ3n) is 2.64. The number of hydrogen-bond acceptors (Lipinski definition) is 3. The summed E-state index contributed by atoms with van der Waals surface area (Å²) in [5, 5.41) is 0. The molecule has 0 fully saturated rings. The third kappa shape index (κ3) is 2.01. The lowest BCUT2D eigenvalue weighted by Gasteiger charge is -2.07. The lowest BCUT2D eigenvalue weighted by molar-refractivity contribution is 0.451. The fraction of sp³-hybridized carbons (Fsp3) is 0.500. The second kappa shape index (κ2) is 4.12. The molecule has 0 unspecified atom stereocenters. The molecule has 0 radical (unpaired) electrons. The van der Waals surface area contributed by atoms with E-state index in [1.54, 1.807) is 0 Å². The van der Waals surface area contributed by atoms with Crippen LogP contribution in [0.2, 0.25) is 0 Å². The van der Waals surface area contributed by atoms with Gasteiger partial charge in [0.15, 0.2) is 0 Å². The second-order valence-electron chi connectivity index (χ2n) is 4.32. The van der Waals surface area contributed by atoms with E-state index in [9.17, 15) is 0 Å². The Balaban J connectivity index is 2.23. The zero-order chi connectivity index (χ0) is 11.7. The van der Waals surface area contributed by atoms with Gasteiger partial charge in [0.1, 0.15) is 18.1 Å². The van der Waals surface area contributed by atoms with E-state index < -0.39 is 0 Å². The van der Waals surface area contributed by atoms with E-state index >= 15 is 0 Å². The van der Waals surface area contributed by atoms with Crippen molar-refractivity contribution >= 4 is 0 Å². The van der Waals surface area contributed by atoms with Gasteiger partial charge in [0.2, 0.25) is 5.89 Å². The molecule has 2 rings (SSSR count). The van der Waals surface area contributed by atoms with Crippen LogP contribution < -0.4 is 0 Å². The van der Waals surface area contributed by atoms with Gasteiger partial charge in [-0.2, -0.15) is 0 Å². The Kier molecular flexibility index (Phi) is 2.81. The zero-order valence-electron chi connectivity index (χ0n) is 10.2. The van der Waals surface area contributed by atoms with Gasteiger partial charge in [-0.15, -0.1) is 0 Å². The summed E-state index contributed by atoms with van der Waals surface area (Å²) in [5.41, 5.74) is 0.959. The number of aryl methyl sites for hydroxylation is 2. The summed E-state index contributed by atoms with van der Waals surface area (Å²) < 4.78 is 7.64. The van der Waals surface area contributed by atoms with Crippen molar-refractivity contribution in [1.82, 2.24) is 14.5 Å². The summed E-state index contributed by atoms with van der Waals surface area (Å²) in [7, 11) is 0. The fourth-order valence-electron chi connectivity index (χ4n) is 1.71. The molecular weight excluding hydrogens is 202 g/mol. The average Bonchev–Trinajstić information content (AvgIpc) is 2.75. The van der Waals surface area contributed by atoms with Crippen LogP contribution in [0.15, 0.2) is 16.8 Å². The van der Waals surface area contributed by atoms with Gasteiger partial charge < -0.3 is 8.98 Å². The molecule has 0 aliphatic heterocycles. The van der Waals surface area contributed by atoms with Crippen molar-refractivity contribution in [2.45, 2.75) is 40.2 Å². The molecule has 2 aromatic rings. The first-order valence-electron chi connectivity index (χ1n) is 5.52. The first-order valence-corrected chi connectivity index (χ1v) is 5.52. The van der Waals surface area contributed by atoms with Crippen molar-refractivity contribution in [3.63, 3.8) is 0 Å². The summed E-state index contributed by atoms with van der Waals surface area (Å²) in [4.78, 5) is 8.70. The van der Waals surface area contributed by atoms with Gasteiger partial charge in [-0.05, 0) is 13.8 Å². The molecule has 0 N–H and O–H groups in total. The molecule has 0 saturated heterocycles. The van der Waals surface area contributed by atoms with Crippen molar-refractivity contribution in [2.75, 3.05) is 0 Å². The van der Waals surface area contributed by atoms with Crippen LogP contribution in [-0.2, 0) is 6.54 Å². The minimum atomic E-state index is 0.409. The van der Waals surface area contributed by atoms with E-state index in [1.165, 1.54) is 0 Å². The molecule has 0 spiro atoms. The number of oxazole rings is 1. The molecule has 0 aliphatic carbocycles. The van der Waals surface area contributed by atoms with Gasteiger partial charge in [-0.25, -0.2) is 9.97 Å². The molecule has 0 amide bonds. The highest BCUT2D eigenvalue weighted by molar-refractivity contribution is 5.07. The van der Waals surface area contributed by atoms with E-state index in [-0.39, 0.29) is 0 Å². The summed E-state index contributed by atoms with van der Waals surface area (Å²) in [5.74, 6) is 3.11. The lowest BCUT2D eigenvalue weighted by Crippen LogP contribution is -2.06. The lowest BCUT2D eigenvalue weighted by atomic mass is 10.2. The minimum absolute atomic E-state index is 0.409. The van der Waals surface area contributed by atoms with Crippen LogP contribution in [0.5, 0.6) is 0 Å². The van der Waals surface area contributed by atoms with Gasteiger partial charge in [0.05, 0.1) is 5.69 Å². The topological polar surface area (TPSA) is 43.9 Å². The molecule has 4 heteroatoms. The number of aromatic nitrogens is 3. The highest BCUT2D eigenvalue weighted by Gasteiger charge is 2.11. The van der Waals surface area contributed by atoms with Crippen molar-refractivity contribution in [3.8, 4) is 0 Å². The molecule has 16 heavy (non-hydrogen) atoms. The molecule has 86 valence electrons. The van der Waals surface area contributed by atoms with Crippen LogP contribution in [0.4, 0.5) is 0 Å². The van der Waals surface area contributed by atoms with E-state index in [1.807, 2.05) is 26.2 Å². The summed E-state index contributed by atoms with van der Waals surface area (Å²) >= 11 is 0. The Labute approximate surface area is 95.3 Å². The average molecular weight is 219 g/mol. The highest BCUT2D eigenvalue weighted by atomic mass is 16.4. The molecule has 0 bridgehead atoms. The minimum Gasteiger partial charge on any atom is -0.444 e. The summed E-state index contributed by atoms with van der Waals surface area (Å²) in [6.07, 6.45) is 3.78. The van der Waals surface area contributed by atoms with Gasteiger partial charge in [0, 0.05) is 18.3 Å². The molecule has 2 heterocycles. The van der Waals surface area contributed by atoms with E-state index in [0.717, 1.165) is 23.2 Å². The molecule has 0 saturated carbocycles. The Hall–Kier alpha value is -1.58. The first kappa shape index (κ1) is 10.9. The fourth-order valence-corrected chi connectivity index (χ4v) is 1.71. The maximum atomic E-state index is 5.56. The molecule has 0 atom stereocenters. The molecule has 0 aliphatic rings. The van der Waals surface area contributed by atoms with Gasteiger partial charge in [-0.3, -0.25) is 0 Å². The standard InChI is InChI=1S/C12H17N3O/c1-8(2)12-13-5-6-15(12)7-11-14-9(3)10(4)16-11/h5-6,8H,7H2,1-4H3. The van der Waals surface area contributed by atoms with Crippen molar-refractivity contribution in [2.24, 2.45) is 0 Å². The van der Waals surface area contributed by atoms with Gasteiger partial charge in [0.25, 0.3) is 0 Å². The number of rotatable bonds is 3. The quantitative estimate of drug-likeness (QED) is 0.797. The third-order valence-corrected chi connectivity index (χ3v) is 2.64. The first-order chi connectivity index (χ1) is 7.58. The summed E-state index contributed by atoms with van der Waals surface area (Å²) in [6.45, 7) is 8.81. The SMILES string of the molecule is Cc1nc(Cn2ccnc2C(C)C)oc1C. The highest BCUT2D eigenvalue weighted by Crippen LogP contribution is 2.15. The smallest absolute Gasteiger partial charge is 0.214 e. The predicted molar refractivity (Wildman–Crippen MR) is 61.4 cm³/mol.